The molecule has 1 aromatic rings. The number of aliphatic hydroxyl groups is 1. The Morgan fingerprint density at radius 1 is 1.32 bits per heavy atom. The largest absolute Gasteiger partial charge is 0.395 e. The lowest BCUT2D eigenvalue weighted by atomic mass is 10.2. The second kappa shape index (κ2) is 7.59. The fourth-order valence-electron chi connectivity index (χ4n) is 1.80. The molecule has 0 unspecified atom stereocenters. The molecular weight excluding hydrogens is 264 g/mol. The maximum Gasteiger partial charge on any atom is 0.179 e. The Kier molecular flexibility index (Phi) is 6.44. The monoisotopic (exact) mass is 286 g/mol. The van der Waals surface area contributed by atoms with Crippen molar-refractivity contribution in [1.29, 1.82) is 0 Å². The molecule has 0 aliphatic carbocycles. The Hall–Kier alpha value is -0.950. The summed E-state index contributed by atoms with van der Waals surface area (Å²) in [6.07, 6.45) is 0. The number of likely N-dealkylation sites (N-methyl/N-ethyl adjacent to an activating group) is 1. The van der Waals surface area contributed by atoms with Crippen LogP contribution >= 0.6 is 0 Å². The molecule has 19 heavy (non-hydrogen) atoms. The smallest absolute Gasteiger partial charge is 0.179 e. The zero-order chi connectivity index (χ0) is 14.3. The molecule has 6 heteroatoms. The van der Waals surface area contributed by atoms with Gasteiger partial charge in [0.1, 0.15) is 0 Å². The zero-order valence-corrected chi connectivity index (χ0v) is 12.1. The molecule has 1 rings (SSSR count). The highest BCUT2D eigenvalue weighted by molar-refractivity contribution is 7.91. The van der Waals surface area contributed by atoms with E-state index in [4.69, 9.17) is 10.8 Å². The van der Waals surface area contributed by atoms with Crippen molar-refractivity contribution in [3.8, 4) is 0 Å². The summed E-state index contributed by atoms with van der Waals surface area (Å²) in [5.74, 6) is 0.0505. The molecule has 0 saturated carbocycles. The van der Waals surface area contributed by atoms with Gasteiger partial charge < -0.3 is 15.7 Å². The van der Waals surface area contributed by atoms with Gasteiger partial charge in [0.15, 0.2) is 9.84 Å². The Balaban J connectivity index is 2.74. The first-order chi connectivity index (χ1) is 9.03. The van der Waals surface area contributed by atoms with E-state index in [0.29, 0.717) is 24.5 Å². The van der Waals surface area contributed by atoms with Crippen LogP contribution in [0.2, 0.25) is 0 Å². The van der Waals surface area contributed by atoms with Crippen molar-refractivity contribution in [2.75, 3.05) is 32.0 Å². The van der Waals surface area contributed by atoms with Gasteiger partial charge in [-0.1, -0.05) is 19.1 Å². The van der Waals surface area contributed by atoms with Gasteiger partial charge in [-0.05, 0) is 24.2 Å². The summed E-state index contributed by atoms with van der Waals surface area (Å²) in [6, 6.07) is 6.73. The van der Waals surface area contributed by atoms with E-state index in [1.165, 1.54) is 0 Å². The molecule has 3 N–H and O–H groups in total. The highest BCUT2D eigenvalue weighted by atomic mass is 32.2. The van der Waals surface area contributed by atoms with Crippen molar-refractivity contribution in [2.24, 2.45) is 5.73 Å². The van der Waals surface area contributed by atoms with Gasteiger partial charge in [0, 0.05) is 19.6 Å². The van der Waals surface area contributed by atoms with Gasteiger partial charge in [-0.3, -0.25) is 0 Å². The Bertz CT molecular complexity index is 488. The van der Waals surface area contributed by atoms with Crippen molar-refractivity contribution in [3.63, 3.8) is 0 Å². The summed E-state index contributed by atoms with van der Waals surface area (Å²) in [6.45, 7) is 3.95. The van der Waals surface area contributed by atoms with Gasteiger partial charge in [-0.2, -0.15) is 0 Å². The van der Waals surface area contributed by atoms with Gasteiger partial charge in [-0.15, -0.1) is 0 Å². The number of hydrogen-bond acceptors (Lipinski definition) is 5. The lowest BCUT2D eigenvalue weighted by molar-refractivity contribution is 0.209. The van der Waals surface area contributed by atoms with Crippen LogP contribution in [0.15, 0.2) is 29.2 Å². The van der Waals surface area contributed by atoms with Gasteiger partial charge in [0.25, 0.3) is 0 Å². The summed E-state index contributed by atoms with van der Waals surface area (Å²) in [5, 5.41) is 8.88. The van der Waals surface area contributed by atoms with Gasteiger partial charge in [-0.25, -0.2) is 8.42 Å². The second-order valence-electron chi connectivity index (χ2n) is 4.33. The Morgan fingerprint density at radius 3 is 2.63 bits per heavy atom. The zero-order valence-electron chi connectivity index (χ0n) is 11.2. The van der Waals surface area contributed by atoms with E-state index in [1.807, 2.05) is 17.9 Å². The lowest BCUT2D eigenvalue weighted by Crippen LogP contribution is -2.31. The summed E-state index contributed by atoms with van der Waals surface area (Å²) in [7, 11) is -3.30. The van der Waals surface area contributed by atoms with E-state index in [1.54, 1.807) is 18.2 Å². The number of sulfone groups is 1. The molecule has 108 valence electrons. The van der Waals surface area contributed by atoms with Crippen molar-refractivity contribution in [1.82, 2.24) is 4.90 Å². The van der Waals surface area contributed by atoms with Crippen LogP contribution in [0.4, 0.5) is 0 Å². The number of hydrogen-bond donors (Lipinski definition) is 2. The average Bonchev–Trinajstić information content (AvgIpc) is 2.43. The molecule has 5 nitrogen and oxygen atoms in total. The molecule has 0 radical (unpaired) electrons. The first-order valence-electron chi connectivity index (χ1n) is 6.38. The molecule has 0 spiro atoms. The second-order valence-corrected chi connectivity index (χ2v) is 6.44. The van der Waals surface area contributed by atoms with E-state index >= 15 is 0 Å². The fourth-order valence-corrected chi connectivity index (χ4v) is 3.15. The summed E-state index contributed by atoms with van der Waals surface area (Å²) in [5.41, 5.74) is 6.32. The average molecular weight is 286 g/mol. The van der Waals surface area contributed by atoms with Gasteiger partial charge in [0.2, 0.25) is 0 Å². The van der Waals surface area contributed by atoms with Crippen LogP contribution in [0, 0.1) is 0 Å². The number of nitrogens with two attached hydrogens (primary N) is 1. The van der Waals surface area contributed by atoms with Crippen LogP contribution in [0.1, 0.15) is 12.5 Å². The summed E-state index contributed by atoms with van der Waals surface area (Å²) < 4.78 is 24.4. The maximum absolute atomic E-state index is 12.2. The molecule has 0 amide bonds. The van der Waals surface area contributed by atoms with Gasteiger partial charge >= 0.3 is 0 Å². The Morgan fingerprint density at radius 2 is 2.05 bits per heavy atom. The first-order valence-corrected chi connectivity index (χ1v) is 8.03. The molecule has 0 saturated heterocycles. The van der Waals surface area contributed by atoms with Crippen LogP contribution in [-0.4, -0.2) is 50.4 Å². The van der Waals surface area contributed by atoms with Crippen LogP contribution in [-0.2, 0) is 16.4 Å². The Labute approximate surface area is 115 Å². The van der Waals surface area contributed by atoms with E-state index in [-0.39, 0.29) is 12.4 Å². The predicted molar refractivity (Wildman–Crippen MR) is 75.6 cm³/mol. The highest BCUT2D eigenvalue weighted by Crippen LogP contribution is 2.13. The van der Waals surface area contributed by atoms with E-state index in [0.717, 1.165) is 12.1 Å². The number of rotatable bonds is 8. The molecule has 0 bridgehead atoms. The van der Waals surface area contributed by atoms with Crippen LogP contribution in [0.5, 0.6) is 0 Å². The third-order valence-electron chi connectivity index (χ3n) is 3.03. The minimum absolute atomic E-state index is 0.0382. The van der Waals surface area contributed by atoms with Crippen molar-refractivity contribution in [3.05, 3.63) is 29.8 Å². The van der Waals surface area contributed by atoms with E-state index in [9.17, 15) is 8.42 Å². The normalized spacial score (nSPS) is 12.0. The maximum atomic E-state index is 12.2. The number of aliphatic hydroxyl groups excluding tert-OH is 1. The SMILES string of the molecule is CCN(CCO)CCS(=O)(=O)c1cccc(CN)c1. The molecule has 1 aromatic carbocycles. The molecule has 0 atom stereocenters. The topological polar surface area (TPSA) is 83.6 Å². The molecule has 0 fully saturated rings. The molecule has 0 aliphatic heterocycles. The molecule has 0 aliphatic rings. The van der Waals surface area contributed by atoms with Crippen molar-refractivity contribution < 1.29 is 13.5 Å². The van der Waals surface area contributed by atoms with Crippen LogP contribution in [0.25, 0.3) is 0 Å². The standard InChI is InChI=1S/C13H22N2O3S/c1-2-15(6-8-16)7-9-19(17,18)13-5-3-4-12(10-13)11-14/h3-5,10,16H,2,6-9,11,14H2,1H3. The highest BCUT2D eigenvalue weighted by Gasteiger charge is 2.16. The lowest BCUT2D eigenvalue weighted by Gasteiger charge is -2.18. The van der Waals surface area contributed by atoms with Crippen molar-refractivity contribution >= 4 is 9.84 Å². The van der Waals surface area contributed by atoms with Crippen LogP contribution in [0.3, 0.4) is 0 Å². The molecule has 0 aromatic heterocycles. The molecular formula is C13H22N2O3S. The van der Waals surface area contributed by atoms with Gasteiger partial charge in [0.05, 0.1) is 17.3 Å². The predicted octanol–water partition coefficient (Wildman–Crippen LogP) is 0.233. The fraction of sp³-hybridized carbons (Fsp3) is 0.538. The number of benzene rings is 1. The van der Waals surface area contributed by atoms with Crippen LogP contribution < -0.4 is 5.73 Å². The van der Waals surface area contributed by atoms with E-state index in [2.05, 4.69) is 0 Å². The minimum atomic E-state index is -3.30. The van der Waals surface area contributed by atoms with Crippen molar-refractivity contribution in [2.45, 2.75) is 18.4 Å². The first kappa shape index (κ1) is 16.1. The minimum Gasteiger partial charge on any atom is -0.395 e. The summed E-state index contributed by atoms with van der Waals surface area (Å²) in [4.78, 5) is 2.22. The molecule has 0 heterocycles. The third kappa shape index (κ3) is 4.91. The summed E-state index contributed by atoms with van der Waals surface area (Å²) >= 11 is 0. The number of nitrogens with zero attached hydrogens (tertiary/aromatic N) is 1. The quantitative estimate of drug-likeness (QED) is 0.715. The van der Waals surface area contributed by atoms with E-state index < -0.39 is 9.84 Å². The third-order valence-corrected chi connectivity index (χ3v) is 4.73.